The van der Waals surface area contributed by atoms with Gasteiger partial charge in [-0.05, 0) is 12.8 Å². The average Bonchev–Trinajstić information content (AvgIpc) is 2.99. The second-order valence-corrected chi connectivity index (χ2v) is 6.32. The second kappa shape index (κ2) is 7.37. The van der Waals surface area contributed by atoms with Crippen LogP contribution >= 0.6 is 24.0 Å². The molecule has 6 nitrogen and oxygen atoms in total. The molecule has 1 rings (SSSR count). The number of aliphatic imine (C=N–C) groups is 1. The molecule has 0 radical (unpaired) electrons. The highest BCUT2D eigenvalue weighted by Gasteiger charge is 2.22. The van der Waals surface area contributed by atoms with Crippen LogP contribution in [0.3, 0.4) is 0 Å². The van der Waals surface area contributed by atoms with Gasteiger partial charge in [-0.2, -0.15) is 0 Å². The van der Waals surface area contributed by atoms with Crippen molar-refractivity contribution in [1.29, 1.82) is 0 Å². The first-order chi connectivity index (χ1) is 7.45. The lowest BCUT2D eigenvalue weighted by atomic mass is 10.6. The van der Waals surface area contributed by atoms with E-state index in [0.29, 0.717) is 18.5 Å². The van der Waals surface area contributed by atoms with E-state index in [4.69, 9.17) is 0 Å². The van der Waals surface area contributed by atoms with E-state index in [2.05, 4.69) is 15.6 Å². The van der Waals surface area contributed by atoms with Crippen LogP contribution in [0.2, 0.25) is 0 Å². The minimum atomic E-state index is -3.13. The topological polar surface area (TPSA) is 73.8 Å². The Morgan fingerprint density at radius 3 is 2.41 bits per heavy atom. The van der Waals surface area contributed by atoms with Gasteiger partial charge < -0.3 is 10.6 Å². The first kappa shape index (κ1) is 16.9. The van der Waals surface area contributed by atoms with Crippen molar-refractivity contribution in [3.8, 4) is 0 Å². The normalized spacial score (nSPS) is 16.6. The summed E-state index contributed by atoms with van der Waals surface area (Å²) in [6, 6.07) is 0.511. The Labute approximate surface area is 120 Å². The van der Waals surface area contributed by atoms with Crippen LogP contribution in [-0.2, 0) is 10.0 Å². The van der Waals surface area contributed by atoms with Crippen molar-refractivity contribution in [3.05, 3.63) is 0 Å². The predicted octanol–water partition coefficient (Wildman–Crippen LogP) is -0.177. The average molecular weight is 376 g/mol. The third-order valence-corrected chi connectivity index (χ3v) is 4.18. The monoisotopic (exact) mass is 376 g/mol. The summed E-state index contributed by atoms with van der Waals surface area (Å²) in [5, 5.41) is 6.17. The fraction of sp³-hybridized carbons (Fsp3) is 0.889. The molecule has 0 aliphatic heterocycles. The zero-order chi connectivity index (χ0) is 12.2. The maximum atomic E-state index is 11.5. The van der Waals surface area contributed by atoms with Crippen molar-refractivity contribution in [2.24, 2.45) is 4.99 Å². The Morgan fingerprint density at radius 2 is 2.00 bits per heavy atom. The third-order valence-electron chi connectivity index (χ3n) is 2.35. The molecule has 0 aromatic rings. The standard InChI is InChI=1S/C9H20N4O2S.HI/c1-10-9(12-8-4-5-8)11-6-7-16(14,15)13(2)3;/h8H,4-7H2,1-3H3,(H2,10,11,12);1H. The third kappa shape index (κ3) is 6.41. The molecule has 8 heteroatoms. The molecule has 0 aromatic heterocycles. The molecule has 1 saturated carbocycles. The molecular formula is C9H21IN4O2S. The van der Waals surface area contributed by atoms with Crippen molar-refractivity contribution in [2.45, 2.75) is 18.9 Å². The first-order valence-electron chi connectivity index (χ1n) is 5.33. The minimum absolute atomic E-state index is 0. The van der Waals surface area contributed by atoms with Crippen molar-refractivity contribution >= 4 is 40.0 Å². The van der Waals surface area contributed by atoms with Gasteiger partial charge >= 0.3 is 0 Å². The minimum Gasteiger partial charge on any atom is -0.355 e. The SMILES string of the molecule is CN=C(NCCS(=O)(=O)N(C)C)NC1CC1.I. The molecule has 1 aliphatic carbocycles. The lowest BCUT2D eigenvalue weighted by Crippen LogP contribution is -2.41. The predicted molar refractivity (Wildman–Crippen MR) is 80.4 cm³/mol. The molecule has 0 spiro atoms. The molecular weight excluding hydrogens is 355 g/mol. The van der Waals surface area contributed by atoms with Crippen LogP contribution in [-0.4, -0.2) is 58.2 Å². The van der Waals surface area contributed by atoms with Gasteiger partial charge in [-0.3, -0.25) is 4.99 Å². The molecule has 0 bridgehead atoms. The van der Waals surface area contributed by atoms with Gasteiger partial charge in [0.25, 0.3) is 0 Å². The summed E-state index contributed by atoms with van der Waals surface area (Å²) in [6.07, 6.45) is 2.33. The molecule has 0 heterocycles. The molecule has 1 aliphatic rings. The highest BCUT2D eigenvalue weighted by Crippen LogP contribution is 2.18. The van der Waals surface area contributed by atoms with E-state index in [9.17, 15) is 8.42 Å². The van der Waals surface area contributed by atoms with E-state index < -0.39 is 10.0 Å². The van der Waals surface area contributed by atoms with Gasteiger partial charge in [-0.25, -0.2) is 12.7 Å². The zero-order valence-corrected chi connectivity index (χ0v) is 13.6. The van der Waals surface area contributed by atoms with Gasteiger partial charge in [0, 0.05) is 33.7 Å². The maximum absolute atomic E-state index is 11.5. The van der Waals surface area contributed by atoms with Gasteiger partial charge in [-0.1, -0.05) is 0 Å². The lowest BCUT2D eigenvalue weighted by Gasteiger charge is -2.13. The van der Waals surface area contributed by atoms with Gasteiger partial charge in [0.15, 0.2) is 5.96 Å². The molecule has 0 unspecified atom stereocenters. The van der Waals surface area contributed by atoms with Crippen LogP contribution in [0.25, 0.3) is 0 Å². The molecule has 102 valence electrons. The van der Waals surface area contributed by atoms with Gasteiger partial charge in [0.1, 0.15) is 0 Å². The summed E-state index contributed by atoms with van der Waals surface area (Å²) in [5.41, 5.74) is 0. The van der Waals surface area contributed by atoms with Crippen LogP contribution in [0.15, 0.2) is 4.99 Å². The Bertz CT molecular complexity index is 352. The summed E-state index contributed by atoms with van der Waals surface area (Å²) in [5.74, 6) is 0.752. The van der Waals surface area contributed by atoms with Crippen LogP contribution in [0, 0.1) is 0 Å². The van der Waals surface area contributed by atoms with Gasteiger partial charge in [0.2, 0.25) is 10.0 Å². The molecule has 0 saturated heterocycles. The van der Waals surface area contributed by atoms with Crippen LogP contribution in [0.1, 0.15) is 12.8 Å². The number of sulfonamides is 1. The highest BCUT2D eigenvalue weighted by molar-refractivity contribution is 14.0. The van der Waals surface area contributed by atoms with Gasteiger partial charge in [0.05, 0.1) is 5.75 Å². The number of guanidine groups is 1. The number of hydrogen-bond donors (Lipinski definition) is 2. The van der Waals surface area contributed by atoms with Crippen molar-refractivity contribution < 1.29 is 8.42 Å². The Morgan fingerprint density at radius 1 is 1.41 bits per heavy atom. The summed E-state index contributed by atoms with van der Waals surface area (Å²) in [4.78, 5) is 4.02. The maximum Gasteiger partial charge on any atom is 0.215 e. The second-order valence-electron chi connectivity index (χ2n) is 4.02. The molecule has 17 heavy (non-hydrogen) atoms. The fourth-order valence-corrected chi connectivity index (χ4v) is 1.82. The number of rotatable bonds is 5. The van der Waals surface area contributed by atoms with E-state index >= 15 is 0 Å². The van der Waals surface area contributed by atoms with Crippen LogP contribution in [0.5, 0.6) is 0 Å². The molecule has 0 aromatic carbocycles. The molecule has 0 amide bonds. The summed E-state index contributed by atoms with van der Waals surface area (Å²) in [6.45, 7) is 0.368. The zero-order valence-electron chi connectivity index (χ0n) is 10.4. The molecule has 1 fully saturated rings. The van der Waals surface area contributed by atoms with Crippen LogP contribution in [0.4, 0.5) is 0 Å². The summed E-state index contributed by atoms with van der Waals surface area (Å²) in [7, 11) is 1.62. The summed E-state index contributed by atoms with van der Waals surface area (Å²) < 4.78 is 24.1. The van der Waals surface area contributed by atoms with Crippen molar-refractivity contribution in [1.82, 2.24) is 14.9 Å². The van der Waals surface area contributed by atoms with E-state index in [-0.39, 0.29) is 29.7 Å². The number of nitrogens with zero attached hydrogens (tertiary/aromatic N) is 2. The number of halogens is 1. The molecule has 0 atom stereocenters. The van der Waals surface area contributed by atoms with E-state index in [1.54, 1.807) is 7.05 Å². The number of nitrogens with one attached hydrogen (secondary N) is 2. The van der Waals surface area contributed by atoms with Gasteiger partial charge in [-0.15, -0.1) is 24.0 Å². The van der Waals surface area contributed by atoms with Crippen molar-refractivity contribution in [2.75, 3.05) is 33.4 Å². The Hall–Kier alpha value is -0.0900. The van der Waals surface area contributed by atoms with E-state index in [0.717, 1.165) is 12.8 Å². The highest BCUT2D eigenvalue weighted by atomic mass is 127. The van der Waals surface area contributed by atoms with E-state index in [1.807, 2.05) is 0 Å². The first-order valence-corrected chi connectivity index (χ1v) is 6.94. The Kier molecular flexibility index (Phi) is 7.33. The smallest absolute Gasteiger partial charge is 0.215 e. The lowest BCUT2D eigenvalue weighted by molar-refractivity contribution is 0.519. The largest absolute Gasteiger partial charge is 0.355 e. The van der Waals surface area contributed by atoms with Crippen molar-refractivity contribution in [3.63, 3.8) is 0 Å². The fourth-order valence-electron chi connectivity index (χ4n) is 1.10. The number of hydrogen-bond acceptors (Lipinski definition) is 3. The van der Waals surface area contributed by atoms with E-state index in [1.165, 1.54) is 18.4 Å². The Balaban J connectivity index is 0.00000256. The quantitative estimate of drug-likeness (QED) is 0.397. The molecule has 2 N–H and O–H groups in total. The van der Waals surface area contributed by atoms with Crippen LogP contribution < -0.4 is 10.6 Å². The summed E-state index contributed by atoms with van der Waals surface area (Å²) >= 11 is 0.